The number of aliphatic hydroxyl groups excluding tert-OH is 1. The van der Waals surface area contributed by atoms with E-state index in [-0.39, 0.29) is 6.42 Å². The molecule has 1 unspecified atom stereocenters. The van der Waals surface area contributed by atoms with Crippen LogP contribution in [0.5, 0.6) is 0 Å². The number of benzene rings is 1. The van der Waals surface area contributed by atoms with Crippen LogP contribution in [-0.2, 0) is 4.79 Å². The average molecular weight is 253 g/mol. The van der Waals surface area contributed by atoms with Crippen molar-refractivity contribution in [3.05, 3.63) is 34.9 Å². The van der Waals surface area contributed by atoms with Crippen LogP contribution in [0.4, 0.5) is 0 Å². The minimum Gasteiger partial charge on any atom is -0.481 e. The molecule has 1 aromatic carbocycles. The van der Waals surface area contributed by atoms with Crippen LogP contribution in [0.25, 0.3) is 0 Å². The van der Waals surface area contributed by atoms with Crippen LogP contribution >= 0.6 is 11.6 Å². The lowest BCUT2D eigenvalue weighted by molar-refractivity contribution is -0.146. The number of aliphatic carboxylic acids is 1. The highest BCUT2D eigenvalue weighted by atomic mass is 35.5. The van der Waals surface area contributed by atoms with Crippen LogP contribution in [0, 0.1) is 18.3 Å². The molecule has 0 radical (unpaired) electrons. The summed E-state index contributed by atoms with van der Waals surface area (Å²) < 4.78 is 0. The second kappa shape index (κ2) is 6.29. The van der Waals surface area contributed by atoms with Crippen molar-refractivity contribution < 1.29 is 15.0 Å². The van der Waals surface area contributed by atoms with Gasteiger partial charge in [-0.05, 0) is 24.1 Å². The number of hydrogen-bond donors (Lipinski definition) is 2. The molecule has 0 bridgehead atoms. The molecule has 0 saturated carbocycles. The van der Waals surface area contributed by atoms with Crippen LogP contribution in [0.1, 0.15) is 24.5 Å². The molecule has 0 amide bonds. The van der Waals surface area contributed by atoms with Crippen LogP contribution in [0.3, 0.4) is 0 Å². The van der Waals surface area contributed by atoms with Crippen molar-refractivity contribution in [1.82, 2.24) is 0 Å². The van der Waals surface area contributed by atoms with Gasteiger partial charge in [-0.2, -0.15) is 0 Å². The van der Waals surface area contributed by atoms with Crippen molar-refractivity contribution in [3.63, 3.8) is 0 Å². The Hall–Kier alpha value is -1.50. The third-order valence-corrected chi connectivity index (χ3v) is 2.76. The molecule has 0 heterocycles. The lowest BCUT2D eigenvalue weighted by atomic mass is 9.92. The summed E-state index contributed by atoms with van der Waals surface area (Å²) in [5.74, 6) is 0.424. The summed E-state index contributed by atoms with van der Waals surface area (Å²) in [4.78, 5) is 11.0. The Morgan fingerprint density at radius 1 is 1.41 bits per heavy atom. The fraction of sp³-hybridized carbons (Fsp3) is 0.308. The summed E-state index contributed by atoms with van der Waals surface area (Å²) in [7, 11) is 0. The first-order valence-corrected chi connectivity index (χ1v) is 5.54. The van der Waals surface area contributed by atoms with Gasteiger partial charge in [0.15, 0.2) is 0 Å². The molecular weight excluding hydrogens is 240 g/mol. The maximum Gasteiger partial charge on any atom is 0.309 e. The van der Waals surface area contributed by atoms with E-state index in [9.17, 15) is 9.90 Å². The quantitative estimate of drug-likeness (QED) is 0.792. The van der Waals surface area contributed by atoms with E-state index in [2.05, 4.69) is 5.92 Å². The van der Waals surface area contributed by atoms with Crippen molar-refractivity contribution in [1.29, 1.82) is 0 Å². The Bertz CT molecular complexity index is 419. The van der Waals surface area contributed by atoms with Crippen molar-refractivity contribution in [3.8, 4) is 12.3 Å². The zero-order chi connectivity index (χ0) is 12.8. The molecule has 0 aliphatic heterocycles. The molecular formula is C13H13ClO3. The third-order valence-electron chi connectivity index (χ3n) is 2.51. The first-order valence-electron chi connectivity index (χ1n) is 5.16. The minimum absolute atomic E-state index is 0.246. The normalized spacial score (nSPS) is 13.7. The van der Waals surface area contributed by atoms with E-state index in [1.165, 1.54) is 0 Å². The smallest absolute Gasteiger partial charge is 0.309 e. The van der Waals surface area contributed by atoms with E-state index < -0.39 is 18.0 Å². The Morgan fingerprint density at radius 2 is 2.00 bits per heavy atom. The molecule has 1 rings (SSSR count). The van der Waals surface area contributed by atoms with Crippen molar-refractivity contribution >= 4 is 17.6 Å². The number of terminal acetylenes is 1. The first kappa shape index (κ1) is 13.6. The molecule has 0 fully saturated rings. The molecule has 2 atom stereocenters. The van der Waals surface area contributed by atoms with E-state index >= 15 is 0 Å². The summed E-state index contributed by atoms with van der Waals surface area (Å²) >= 11 is 5.72. The number of carboxylic acids is 1. The number of hydrogen-bond acceptors (Lipinski definition) is 2. The van der Waals surface area contributed by atoms with Gasteiger partial charge in [0.05, 0.1) is 12.0 Å². The van der Waals surface area contributed by atoms with E-state index in [4.69, 9.17) is 23.1 Å². The lowest BCUT2D eigenvalue weighted by Gasteiger charge is -2.18. The molecule has 3 nitrogen and oxygen atoms in total. The number of halogens is 1. The van der Waals surface area contributed by atoms with Crippen LogP contribution < -0.4 is 0 Å². The number of carboxylic acid groups (broad SMARTS) is 1. The van der Waals surface area contributed by atoms with Gasteiger partial charge in [0.25, 0.3) is 0 Å². The maximum atomic E-state index is 11.0. The predicted molar refractivity (Wildman–Crippen MR) is 65.6 cm³/mol. The summed E-state index contributed by atoms with van der Waals surface area (Å²) in [6.07, 6.45) is 4.59. The molecule has 0 aliphatic rings. The van der Waals surface area contributed by atoms with Crippen LogP contribution in [0.15, 0.2) is 24.3 Å². The summed E-state index contributed by atoms with van der Waals surface area (Å²) in [5, 5.41) is 19.5. The predicted octanol–water partition coefficient (Wildman–Crippen LogP) is 2.49. The van der Waals surface area contributed by atoms with Gasteiger partial charge in [-0.1, -0.05) is 23.7 Å². The molecule has 0 aromatic heterocycles. The van der Waals surface area contributed by atoms with Gasteiger partial charge >= 0.3 is 5.97 Å². The average Bonchev–Trinajstić information content (AvgIpc) is 2.29. The Morgan fingerprint density at radius 3 is 2.47 bits per heavy atom. The monoisotopic (exact) mass is 252 g/mol. The van der Waals surface area contributed by atoms with E-state index in [0.29, 0.717) is 17.0 Å². The Balaban J connectivity index is 2.84. The van der Waals surface area contributed by atoms with Gasteiger partial charge in [0, 0.05) is 11.4 Å². The van der Waals surface area contributed by atoms with Crippen LogP contribution in [0.2, 0.25) is 5.02 Å². The Kier molecular flexibility index (Phi) is 5.02. The molecule has 0 aliphatic carbocycles. The summed E-state index contributed by atoms with van der Waals surface area (Å²) in [6.45, 7) is 0. The maximum absolute atomic E-state index is 11.0. The second-order valence-corrected chi connectivity index (χ2v) is 4.12. The summed E-state index contributed by atoms with van der Waals surface area (Å²) in [5.41, 5.74) is 0.527. The largest absolute Gasteiger partial charge is 0.481 e. The van der Waals surface area contributed by atoms with Gasteiger partial charge in [-0.15, -0.1) is 12.3 Å². The highest BCUT2D eigenvalue weighted by Crippen LogP contribution is 2.26. The summed E-state index contributed by atoms with van der Waals surface area (Å²) in [6, 6.07) is 6.44. The molecule has 2 N–H and O–H groups in total. The highest BCUT2D eigenvalue weighted by Gasteiger charge is 2.26. The molecule has 1 aromatic rings. The van der Waals surface area contributed by atoms with Crippen molar-refractivity contribution in [2.24, 2.45) is 5.92 Å². The highest BCUT2D eigenvalue weighted by molar-refractivity contribution is 6.30. The SMILES string of the molecule is C#CCCC(C(=O)O)[C@H](O)c1ccc(Cl)cc1. The molecule has 90 valence electrons. The third kappa shape index (κ3) is 3.77. The Labute approximate surface area is 105 Å². The fourth-order valence-corrected chi connectivity index (χ4v) is 1.67. The topological polar surface area (TPSA) is 57.5 Å². The zero-order valence-corrected chi connectivity index (χ0v) is 9.89. The van der Waals surface area contributed by atoms with Gasteiger partial charge in [0.2, 0.25) is 0 Å². The number of rotatable bonds is 5. The molecule has 4 heteroatoms. The van der Waals surface area contributed by atoms with E-state index in [0.717, 1.165) is 0 Å². The fourth-order valence-electron chi connectivity index (χ4n) is 1.55. The van der Waals surface area contributed by atoms with Gasteiger partial charge in [-0.3, -0.25) is 4.79 Å². The van der Waals surface area contributed by atoms with E-state index in [1.54, 1.807) is 24.3 Å². The standard InChI is InChI=1S/C13H13ClO3/c1-2-3-4-11(13(16)17)12(15)9-5-7-10(14)8-6-9/h1,5-8,11-12,15H,3-4H2,(H,16,17)/t11?,12-/m1/s1. The minimum atomic E-state index is -1.07. The van der Waals surface area contributed by atoms with Crippen molar-refractivity contribution in [2.45, 2.75) is 18.9 Å². The van der Waals surface area contributed by atoms with Gasteiger partial charge < -0.3 is 10.2 Å². The molecule has 0 saturated heterocycles. The lowest BCUT2D eigenvalue weighted by Crippen LogP contribution is -2.21. The molecule has 0 spiro atoms. The first-order chi connectivity index (χ1) is 8.06. The number of carbonyl (C=O) groups is 1. The number of aliphatic hydroxyl groups is 1. The van der Waals surface area contributed by atoms with Gasteiger partial charge in [-0.25, -0.2) is 0 Å². The molecule has 17 heavy (non-hydrogen) atoms. The van der Waals surface area contributed by atoms with E-state index in [1.807, 2.05) is 0 Å². The van der Waals surface area contributed by atoms with Crippen molar-refractivity contribution in [2.75, 3.05) is 0 Å². The van der Waals surface area contributed by atoms with Gasteiger partial charge in [0.1, 0.15) is 0 Å². The van der Waals surface area contributed by atoms with Crippen LogP contribution in [-0.4, -0.2) is 16.2 Å². The zero-order valence-electron chi connectivity index (χ0n) is 9.14. The second-order valence-electron chi connectivity index (χ2n) is 3.68.